The lowest BCUT2D eigenvalue weighted by atomic mass is 10.0. The van der Waals surface area contributed by atoms with E-state index in [9.17, 15) is 18.0 Å². The molecule has 2 heterocycles. The van der Waals surface area contributed by atoms with Gasteiger partial charge >= 0.3 is 6.03 Å². The van der Waals surface area contributed by atoms with Gasteiger partial charge in [0.15, 0.2) is 0 Å². The summed E-state index contributed by atoms with van der Waals surface area (Å²) in [5.41, 5.74) is 0.724. The first-order chi connectivity index (χ1) is 12.9. The molecular formula is C18H24F3N3O3. The number of nitrogens with zero attached hydrogens (tertiary/aromatic N) is 2. The Morgan fingerprint density at radius 3 is 2.67 bits per heavy atom. The summed E-state index contributed by atoms with van der Waals surface area (Å²) in [6, 6.07) is 5.36. The maximum Gasteiger partial charge on any atom is 0.317 e. The number of amides is 2. The molecule has 1 aromatic carbocycles. The lowest BCUT2D eigenvalue weighted by molar-refractivity contribution is -0.0652. The number of hydrogen-bond acceptors (Lipinski definition) is 4. The van der Waals surface area contributed by atoms with E-state index in [-0.39, 0.29) is 31.6 Å². The van der Waals surface area contributed by atoms with Crippen LogP contribution in [-0.2, 0) is 9.47 Å². The van der Waals surface area contributed by atoms with Crippen LogP contribution in [0.25, 0.3) is 0 Å². The van der Waals surface area contributed by atoms with Crippen molar-refractivity contribution < 1.29 is 27.4 Å². The van der Waals surface area contributed by atoms with Crippen LogP contribution in [0.5, 0.6) is 0 Å². The first-order valence-electron chi connectivity index (χ1n) is 9.00. The summed E-state index contributed by atoms with van der Waals surface area (Å²) in [6.07, 6.45) is 0. The van der Waals surface area contributed by atoms with Crippen molar-refractivity contribution in [1.82, 2.24) is 15.1 Å². The molecule has 150 valence electrons. The largest absolute Gasteiger partial charge is 0.379 e. The Morgan fingerprint density at radius 1 is 1.19 bits per heavy atom. The van der Waals surface area contributed by atoms with Crippen molar-refractivity contribution in [3.05, 3.63) is 35.6 Å². The summed E-state index contributed by atoms with van der Waals surface area (Å²) >= 11 is 0. The van der Waals surface area contributed by atoms with E-state index in [4.69, 9.17) is 9.47 Å². The third kappa shape index (κ3) is 5.57. The van der Waals surface area contributed by atoms with Crippen molar-refractivity contribution in [3.63, 3.8) is 0 Å². The zero-order valence-electron chi connectivity index (χ0n) is 15.0. The molecule has 0 spiro atoms. The SMILES string of the molecule is O=C(NC[C@H](c1cccc(F)c1)N1CCOCC1)N1CCOCC(F)(F)C1. The van der Waals surface area contributed by atoms with Gasteiger partial charge in [-0.3, -0.25) is 4.90 Å². The highest BCUT2D eigenvalue weighted by atomic mass is 19.3. The molecule has 1 N–H and O–H groups in total. The van der Waals surface area contributed by atoms with Crippen LogP contribution in [0, 0.1) is 5.82 Å². The van der Waals surface area contributed by atoms with Crippen LogP contribution in [-0.4, -0.2) is 80.9 Å². The van der Waals surface area contributed by atoms with E-state index in [0.29, 0.717) is 26.3 Å². The van der Waals surface area contributed by atoms with E-state index in [2.05, 4.69) is 10.2 Å². The molecule has 2 saturated heterocycles. The van der Waals surface area contributed by atoms with Crippen molar-refractivity contribution >= 4 is 6.03 Å². The fourth-order valence-electron chi connectivity index (χ4n) is 3.33. The number of carbonyl (C=O) groups is 1. The number of alkyl halides is 2. The molecule has 1 aromatic rings. The average molecular weight is 387 g/mol. The monoisotopic (exact) mass is 387 g/mol. The van der Waals surface area contributed by atoms with Gasteiger partial charge in [0.25, 0.3) is 5.92 Å². The molecule has 9 heteroatoms. The Kier molecular flexibility index (Phi) is 6.56. The summed E-state index contributed by atoms with van der Waals surface area (Å²) in [7, 11) is 0. The second-order valence-electron chi connectivity index (χ2n) is 6.74. The smallest absolute Gasteiger partial charge is 0.317 e. The molecule has 2 amide bonds. The van der Waals surface area contributed by atoms with Crippen molar-refractivity contribution in [2.45, 2.75) is 12.0 Å². The fourth-order valence-corrected chi connectivity index (χ4v) is 3.33. The topological polar surface area (TPSA) is 54.0 Å². The van der Waals surface area contributed by atoms with Crippen LogP contribution < -0.4 is 5.32 Å². The van der Waals surface area contributed by atoms with E-state index >= 15 is 0 Å². The molecule has 0 radical (unpaired) electrons. The first kappa shape index (κ1) is 19.9. The Bertz CT molecular complexity index is 641. The molecule has 0 aromatic heterocycles. The molecule has 3 rings (SSSR count). The number of ether oxygens (including phenoxy) is 2. The number of benzene rings is 1. The quantitative estimate of drug-likeness (QED) is 0.857. The zero-order valence-corrected chi connectivity index (χ0v) is 15.0. The predicted molar refractivity (Wildman–Crippen MR) is 92.3 cm³/mol. The Hall–Kier alpha value is -1.84. The minimum atomic E-state index is -3.07. The molecule has 0 unspecified atom stereocenters. The van der Waals surface area contributed by atoms with E-state index < -0.39 is 25.1 Å². The van der Waals surface area contributed by atoms with Crippen molar-refractivity contribution in [2.75, 3.05) is 59.2 Å². The number of rotatable bonds is 4. The lowest BCUT2D eigenvalue weighted by Crippen LogP contribution is -2.49. The Balaban J connectivity index is 1.67. The van der Waals surface area contributed by atoms with E-state index in [1.54, 1.807) is 12.1 Å². The number of urea groups is 1. The standard InChI is InChI=1S/C18H24F3N3O3/c19-15-3-1-2-14(10-15)16(23-4-7-26-8-5-23)11-22-17(25)24-6-9-27-13-18(20,21)12-24/h1-3,10,16H,4-9,11-13H2,(H,22,25)/t16-/m1/s1. The van der Waals surface area contributed by atoms with Gasteiger partial charge in [-0.25, -0.2) is 18.0 Å². The summed E-state index contributed by atoms with van der Waals surface area (Å²) in [6.45, 7) is 1.39. The van der Waals surface area contributed by atoms with E-state index in [1.807, 2.05) is 0 Å². The predicted octanol–water partition coefficient (Wildman–Crippen LogP) is 1.88. The van der Waals surface area contributed by atoms with Crippen LogP contribution >= 0.6 is 0 Å². The van der Waals surface area contributed by atoms with Gasteiger partial charge < -0.3 is 19.7 Å². The van der Waals surface area contributed by atoms with Crippen molar-refractivity contribution in [1.29, 1.82) is 0 Å². The van der Waals surface area contributed by atoms with Gasteiger partial charge in [0, 0.05) is 26.2 Å². The summed E-state index contributed by atoms with van der Waals surface area (Å²) < 4.78 is 51.2. The molecule has 0 bridgehead atoms. The Morgan fingerprint density at radius 2 is 1.93 bits per heavy atom. The summed E-state index contributed by atoms with van der Waals surface area (Å²) in [5, 5.41) is 2.73. The second kappa shape index (κ2) is 8.90. The van der Waals surface area contributed by atoms with Gasteiger partial charge in [-0.1, -0.05) is 12.1 Å². The zero-order chi connectivity index (χ0) is 19.3. The van der Waals surface area contributed by atoms with Crippen LogP contribution in [0.15, 0.2) is 24.3 Å². The minimum absolute atomic E-state index is 0.0692. The fraction of sp³-hybridized carbons (Fsp3) is 0.611. The van der Waals surface area contributed by atoms with Crippen LogP contribution in [0.2, 0.25) is 0 Å². The third-order valence-corrected chi connectivity index (χ3v) is 4.69. The highest BCUT2D eigenvalue weighted by Crippen LogP contribution is 2.23. The number of hydrogen-bond donors (Lipinski definition) is 1. The van der Waals surface area contributed by atoms with Gasteiger partial charge in [0.1, 0.15) is 12.4 Å². The number of nitrogens with one attached hydrogen (secondary N) is 1. The molecule has 1 atom stereocenters. The van der Waals surface area contributed by atoms with Crippen molar-refractivity contribution in [3.8, 4) is 0 Å². The van der Waals surface area contributed by atoms with Gasteiger partial charge in [-0.2, -0.15) is 0 Å². The highest BCUT2D eigenvalue weighted by molar-refractivity contribution is 5.74. The van der Waals surface area contributed by atoms with Crippen LogP contribution in [0.1, 0.15) is 11.6 Å². The summed E-state index contributed by atoms with van der Waals surface area (Å²) in [5.74, 6) is -3.43. The third-order valence-electron chi connectivity index (χ3n) is 4.69. The van der Waals surface area contributed by atoms with Crippen LogP contribution in [0.3, 0.4) is 0 Å². The lowest BCUT2D eigenvalue weighted by Gasteiger charge is -2.35. The maximum absolute atomic E-state index is 13.7. The molecule has 2 fully saturated rings. The van der Waals surface area contributed by atoms with Gasteiger partial charge in [0.05, 0.1) is 32.4 Å². The number of halogens is 3. The molecular weight excluding hydrogens is 363 g/mol. The van der Waals surface area contributed by atoms with Gasteiger partial charge in [-0.15, -0.1) is 0 Å². The highest BCUT2D eigenvalue weighted by Gasteiger charge is 2.36. The molecule has 27 heavy (non-hydrogen) atoms. The molecule has 2 aliphatic rings. The molecule has 0 aliphatic carbocycles. The normalized spacial score (nSPS) is 22.1. The number of morpholine rings is 1. The van der Waals surface area contributed by atoms with E-state index in [1.165, 1.54) is 12.1 Å². The molecule has 0 saturated carbocycles. The summed E-state index contributed by atoms with van der Waals surface area (Å²) in [4.78, 5) is 15.6. The maximum atomic E-state index is 13.7. The van der Waals surface area contributed by atoms with E-state index in [0.717, 1.165) is 10.5 Å². The molecule has 2 aliphatic heterocycles. The number of carbonyl (C=O) groups excluding carboxylic acids is 1. The minimum Gasteiger partial charge on any atom is -0.379 e. The first-order valence-corrected chi connectivity index (χ1v) is 9.00. The second-order valence-corrected chi connectivity index (χ2v) is 6.74. The average Bonchev–Trinajstić information content (AvgIpc) is 2.83. The molecule has 6 nitrogen and oxygen atoms in total. The van der Waals surface area contributed by atoms with Crippen molar-refractivity contribution in [2.24, 2.45) is 0 Å². The van der Waals surface area contributed by atoms with Crippen LogP contribution in [0.4, 0.5) is 18.0 Å². The van der Waals surface area contributed by atoms with Gasteiger partial charge in [-0.05, 0) is 17.7 Å². The Labute approximate surface area is 156 Å². The van der Waals surface area contributed by atoms with Gasteiger partial charge in [0.2, 0.25) is 0 Å².